The molecule has 39 heavy (non-hydrogen) atoms. The normalized spacial score (nSPS) is 12.4. The Morgan fingerprint density at radius 3 is 2.15 bits per heavy atom. The van der Waals surface area contributed by atoms with Crippen LogP contribution in [0.15, 0.2) is 54.7 Å². The number of alkyl halides is 3. The van der Waals surface area contributed by atoms with Crippen molar-refractivity contribution in [2.75, 3.05) is 5.32 Å². The van der Waals surface area contributed by atoms with E-state index in [0.29, 0.717) is 21.0 Å². The van der Waals surface area contributed by atoms with Gasteiger partial charge in [-0.05, 0) is 46.7 Å². The van der Waals surface area contributed by atoms with Crippen molar-refractivity contribution in [2.24, 2.45) is 0 Å². The highest BCUT2D eigenvalue weighted by molar-refractivity contribution is 7.87. The highest BCUT2D eigenvalue weighted by Crippen LogP contribution is 2.35. The highest BCUT2D eigenvalue weighted by Gasteiger charge is 2.30. The topological polar surface area (TPSA) is 96.3 Å². The Balaban J connectivity index is 1.88. The van der Waals surface area contributed by atoms with E-state index >= 15 is 0 Å². The Morgan fingerprint density at radius 1 is 1.03 bits per heavy atom. The first kappa shape index (κ1) is 30.5. The molecule has 3 rings (SSSR count). The molecule has 8 nitrogen and oxygen atoms in total. The number of hydrogen-bond acceptors (Lipinski definition) is 4. The van der Waals surface area contributed by atoms with Crippen molar-refractivity contribution in [1.29, 1.82) is 0 Å². The zero-order valence-electron chi connectivity index (χ0n) is 22.0. The van der Waals surface area contributed by atoms with E-state index in [1.807, 2.05) is 32.4 Å². The van der Waals surface area contributed by atoms with Crippen molar-refractivity contribution >= 4 is 33.5 Å². The van der Waals surface area contributed by atoms with Gasteiger partial charge in [0.2, 0.25) is 0 Å². The van der Waals surface area contributed by atoms with Gasteiger partial charge in [-0.3, -0.25) is 4.68 Å². The fourth-order valence-corrected chi connectivity index (χ4v) is 5.25. The molecular weight excluding hydrogens is 555 g/mol. The number of hydrogen-bond donors (Lipinski definition) is 2. The van der Waals surface area contributed by atoms with E-state index in [-0.39, 0.29) is 30.6 Å². The minimum Gasteiger partial charge on any atom is -0.307 e. The van der Waals surface area contributed by atoms with Gasteiger partial charge in [0.15, 0.2) is 0 Å². The lowest BCUT2D eigenvalue weighted by Gasteiger charge is -2.24. The number of amides is 2. The number of carbonyl (C=O) groups excluding carboxylic acids is 1. The summed E-state index contributed by atoms with van der Waals surface area (Å²) < 4.78 is 68.7. The highest BCUT2D eigenvalue weighted by atomic mass is 35.5. The van der Waals surface area contributed by atoms with Gasteiger partial charge < -0.3 is 5.32 Å². The molecule has 3 aromatic rings. The van der Waals surface area contributed by atoms with Gasteiger partial charge in [0, 0.05) is 23.5 Å². The number of nitrogens with zero attached hydrogens (tertiary/aromatic N) is 3. The molecular formula is C26H31ClF3N5O3S. The molecule has 0 aliphatic rings. The second-order valence-corrected chi connectivity index (χ2v) is 11.8. The van der Waals surface area contributed by atoms with Gasteiger partial charge in [-0.15, -0.1) is 0 Å². The summed E-state index contributed by atoms with van der Waals surface area (Å²) in [6.45, 7) is 5.88. The number of benzene rings is 2. The molecule has 0 radical (unpaired) electrons. The second-order valence-electron chi connectivity index (χ2n) is 9.70. The quantitative estimate of drug-likeness (QED) is 0.287. The van der Waals surface area contributed by atoms with E-state index in [4.69, 9.17) is 11.6 Å². The number of carbonyl (C=O) groups is 1. The molecule has 1 heterocycles. The van der Waals surface area contributed by atoms with Crippen LogP contribution < -0.4 is 10.0 Å². The molecule has 2 N–H and O–H groups in total. The van der Waals surface area contributed by atoms with Crippen LogP contribution in [0.2, 0.25) is 5.02 Å². The van der Waals surface area contributed by atoms with Crippen LogP contribution in [0, 0.1) is 0 Å². The van der Waals surface area contributed by atoms with Gasteiger partial charge in [0.05, 0.1) is 12.2 Å². The average Bonchev–Trinajstić information content (AvgIpc) is 3.24. The van der Waals surface area contributed by atoms with Crippen LogP contribution >= 0.6 is 11.6 Å². The molecule has 0 atom stereocenters. The summed E-state index contributed by atoms with van der Waals surface area (Å²) in [7, 11) is -4.46. The average molecular weight is 586 g/mol. The lowest BCUT2D eigenvalue weighted by atomic mass is 9.92. The Labute approximate surface area is 231 Å². The van der Waals surface area contributed by atoms with E-state index in [1.54, 1.807) is 42.5 Å². The number of halogens is 4. The van der Waals surface area contributed by atoms with E-state index in [2.05, 4.69) is 10.4 Å². The predicted molar refractivity (Wildman–Crippen MR) is 145 cm³/mol. The van der Waals surface area contributed by atoms with Crippen LogP contribution in [0.5, 0.6) is 0 Å². The number of rotatable bonds is 10. The van der Waals surface area contributed by atoms with Gasteiger partial charge in [0.1, 0.15) is 6.54 Å². The molecule has 0 aliphatic carbocycles. The fraction of sp³-hybridized carbons (Fsp3) is 0.385. The van der Waals surface area contributed by atoms with E-state index in [0.717, 1.165) is 21.6 Å². The van der Waals surface area contributed by atoms with Gasteiger partial charge in [-0.2, -0.15) is 31.0 Å². The van der Waals surface area contributed by atoms with Crippen molar-refractivity contribution in [1.82, 2.24) is 18.8 Å². The molecule has 13 heteroatoms. The third kappa shape index (κ3) is 8.70. The van der Waals surface area contributed by atoms with Crippen LogP contribution in [-0.2, 0) is 29.8 Å². The monoisotopic (exact) mass is 585 g/mol. The standard InChI is InChI=1S/C26H31ClF3N5O3S/c1-17(2)22-12-20(27)13-23(18(3)4)24(22)31-25(36)33-39(37,38)35(14-19-8-6-5-7-9-19)15-21-10-11-34(32-21)16-26(28,29)30/h5-13,17-18H,14-16H2,1-4H3,(H2,31,33,36). The molecule has 0 saturated heterocycles. The van der Waals surface area contributed by atoms with Crippen molar-refractivity contribution in [3.63, 3.8) is 0 Å². The zero-order valence-corrected chi connectivity index (χ0v) is 23.5. The van der Waals surface area contributed by atoms with Crippen LogP contribution in [0.4, 0.5) is 23.7 Å². The largest absolute Gasteiger partial charge is 0.408 e. The third-order valence-corrected chi connectivity index (χ3v) is 7.39. The van der Waals surface area contributed by atoms with Gasteiger partial charge in [-0.25, -0.2) is 9.52 Å². The Morgan fingerprint density at radius 2 is 1.62 bits per heavy atom. The Bertz CT molecular complexity index is 1360. The van der Waals surface area contributed by atoms with Crippen LogP contribution in [0.3, 0.4) is 0 Å². The van der Waals surface area contributed by atoms with Crippen LogP contribution in [0.1, 0.15) is 61.9 Å². The molecule has 212 valence electrons. The molecule has 0 spiro atoms. The minimum atomic E-state index is -4.48. The SMILES string of the molecule is CC(C)c1cc(Cl)cc(C(C)C)c1NC(=O)NS(=O)(=O)N(Cc1ccccc1)Cc1ccn(CC(F)(F)F)n1. The van der Waals surface area contributed by atoms with Crippen LogP contribution in [0.25, 0.3) is 0 Å². The predicted octanol–water partition coefficient (Wildman–Crippen LogP) is 6.41. The maximum Gasteiger partial charge on any atom is 0.408 e. The first-order valence-electron chi connectivity index (χ1n) is 12.2. The Hall–Kier alpha value is -3.09. The third-order valence-electron chi connectivity index (χ3n) is 5.79. The van der Waals surface area contributed by atoms with E-state index < -0.39 is 29.0 Å². The van der Waals surface area contributed by atoms with Crippen molar-refractivity contribution in [3.05, 3.63) is 82.1 Å². The van der Waals surface area contributed by atoms with Crippen molar-refractivity contribution < 1.29 is 26.4 Å². The number of anilines is 1. The van der Waals surface area contributed by atoms with Gasteiger partial charge in [0.25, 0.3) is 0 Å². The van der Waals surface area contributed by atoms with Gasteiger partial charge in [-0.1, -0.05) is 69.6 Å². The maximum absolute atomic E-state index is 13.4. The first-order chi connectivity index (χ1) is 18.1. The number of nitrogens with one attached hydrogen (secondary N) is 2. The number of urea groups is 1. The first-order valence-corrected chi connectivity index (χ1v) is 14.0. The lowest BCUT2D eigenvalue weighted by Crippen LogP contribution is -2.44. The van der Waals surface area contributed by atoms with Crippen molar-refractivity contribution in [3.8, 4) is 0 Å². The molecule has 0 unspecified atom stereocenters. The van der Waals surface area contributed by atoms with E-state index in [9.17, 15) is 26.4 Å². The molecule has 1 aromatic heterocycles. The summed E-state index contributed by atoms with van der Waals surface area (Å²) >= 11 is 6.28. The summed E-state index contributed by atoms with van der Waals surface area (Å²) in [5, 5.41) is 7.04. The molecule has 0 fully saturated rings. The molecule has 0 aliphatic heterocycles. The zero-order chi connectivity index (χ0) is 29.0. The van der Waals surface area contributed by atoms with Crippen molar-refractivity contribution in [2.45, 2.75) is 65.3 Å². The summed E-state index contributed by atoms with van der Waals surface area (Å²) in [5.74, 6) is -0.0380. The van der Waals surface area contributed by atoms with E-state index in [1.165, 1.54) is 6.07 Å². The van der Waals surface area contributed by atoms with Crippen LogP contribution in [-0.4, -0.2) is 34.7 Å². The second kappa shape index (κ2) is 12.4. The summed E-state index contributed by atoms with van der Waals surface area (Å²) in [5.41, 5.74) is 2.66. The smallest absolute Gasteiger partial charge is 0.307 e. The minimum absolute atomic E-state index is 0.0190. The summed E-state index contributed by atoms with van der Waals surface area (Å²) in [6.07, 6.45) is -3.36. The molecule has 2 amide bonds. The number of aromatic nitrogens is 2. The molecule has 2 aromatic carbocycles. The molecule has 0 bridgehead atoms. The maximum atomic E-state index is 13.4. The van der Waals surface area contributed by atoms with Gasteiger partial charge >= 0.3 is 22.4 Å². The fourth-order valence-electron chi connectivity index (χ4n) is 3.98. The summed E-state index contributed by atoms with van der Waals surface area (Å²) in [4.78, 5) is 13.0. The lowest BCUT2D eigenvalue weighted by molar-refractivity contribution is -0.142. The Kier molecular flexibility index (Phi) is 9.68. The summed E-state index contributed by atoms with van der Waals surface area (Å²) in [6, 6.07) is 12.4. The molecule has 0 saturated carbocycles.